The van der Waals surface area contributed by atoms with Crippen LogP contribution in [0.3, 0.4) is 0 Å². The van der Waals surface area contributed by atoms with Crippen molar-refractivity contribution in [2.45, 2.75) is 96.8 Å². The number of hydrogen-bond acceptors (Lipinski definition) is 7. The average Bonchev–Trinajstić information content (AvgIpc) is 3.04. The van der Waals surface area contributed by atoms with Crippen LogP contribution in [0.25, 0.3) is 0 Å². The third-order valence-electron chi connectivity index (χ3n) is 5.17. The number of ether oxygens (including phenoxy) is 4. The SMILES string of the molecule is CCCCCCCCCCCCCCCC(=O)OC1=C(OC)/C(=C/C(=O)OC)OC1=O. The number of carbonyl (C=O) groups is 3. The highest BCUT2D eigenvalue weighted by Gasteiger charge is 2.35. The first-order chi connectivity index (χ1) is 15.0. The molecular formula is C24H38O7. The third-order valence-corrected chi connectivity index (χ3v) is 5.17. The van der Waals surface area contributed by atoms with E-state index in [4.69, 9.17) is 14.2 Å². The first-order valence-electron chi connectivity index (χ1n) is 11.5. The van der Waals surface area contributed by atoms with Gasteiger partial charge in [-0.15, -0.1) is 0 Å². The van der Waals surface area contributed by atoms with Crippen molar-refractivity contribution in [3.8, 4) is 0 Å². The number of rotatable bonds is 17. The number of cyclic esters (lactones) is 1. The number of esters is 3. The molecule has 0 saturated heterocycles. The van der Waals surface area contributed by atoms with Gasteiger partial charge in [0.25, 0.3) is 5.76 Å². The summed E-state index contributed by atoms with van der Waals surface area (Å²) in [5, 5.41) is 0. The van der Waals surface area contributed by atoms with Crippen LogP contribution in [0.5, 0.6) is 0 Å². The van der Waals surface area contributed by atoms with E-state index in [1.807, 2.05) is 0 Å². The van der Waals surface area contributed by atoms with E-state index in [1.54, 1.807) is 0 Å². The van der Waals surface area contributed by atoms with Crippen molar-refractivity contribution in [2.75, 3.05) is 14.2 Å². The summed E-state index contributed by atoms with van der Waals surface area (Å²) in [6.45, 7) is 2.24. The molecule has 1 aliphatic heterocycles. The molecule has 0 bridgehead atoms. The first-order valence-corrected chi connectivity index (χ1v) is 11.5. The Morgan fingerprint density at radius 3 is 1.81 bits per heavy atom. The van der Waals surface area contributed by atoms with Crippen LogP contribution in [-0.4, -0.2) is 32.1 Å². The van der Waals surface area contributed by atoms with Crippen LogP contribution < -0.4 is 0 Å². The van der Waals surface area contributed by atoms with Crippen LogP contribution in [0, 0.1) is 0 Å². The second-order valence-corrected chi connectivity index (χ2v) is 7.75. The Kier molecular flexibility index (Phi) is 14.1. The minimum absolute atomic E-state index is 0.0888. The lowest BCUT2D eigenvalue weighted by molar-refractivity contribution is -0.147. The van der Waals surface area contributed by atoms with Gasteiger partial charge >= 0.3 is 17.9 Å². The van der Waals surface area contributed by atoms with Gasteiger partial charge in [0.2, 0.25) is 5.76 Å². The second kappa shape index (κ2) is 16.4. The quantitative estimate of drug-likeness (QED) is 0.128. The number of hydrogen-bond donors (Lipinski definition) is 0. The number of carbonyl (C=O) groups excluding carboxylic acids is 3. The molecule has 7 heteroatoms. The fraction of sp³-hybridized carbons (Fsp3) is 0.708. The summed E-state index contributed by atoms with van der Waals surface area (Å²) in [6.07, 6.45) is 17.0. The molecule has 0 N–H and O–H groups in total. The van der Waals surface area contributed by atoms with Crippen molar-refractivity contribution < 1.29 is 33.3 Å². The summed E-state index contributed by atoms with van der Waals surface area (Å²) < 4.78 is 19.6. The van der Waals surface area contributed by atoms with Gasteiger partial charge in [-0.3, -0.25) is 4.79 Å². The molecule has 0 amide bonds. The van der Waals surface area contributed by atoms with Crippen LogP contribution in [0.1, 0.15) is 96.8 Å². The molecule has 0 aromatic rings. The monoisotopic (exact) mass is 438 g/mol. The summed E-state index contributed by atoms with van der Waals surface area (Å²) in [7, 11) is 2.49. The molecule has 1 rings (SSSR count). The van der Waals surface area contributed by atoms with Gasteiger partial charge in [0.1, 0.15) is 0 Å². The Labute approximate surface area is 186 Å². The first kappa shape index (κ1) is 26.7. The highest BCUT2D eigenvalue weighted by atomic mass is 16.6. The maximum Gasteiger partial charge on any atom is 0.384 e. The molecule has 0 spiro atoms. The lowest BCUT2D eigenvalue weighted by atomic mass is 10.0. The van der Waals surface area contributed by atoms with E-state index in [-0.39, 0.29) is 23.7 Å². The van der Waals surface area contributed by atoms with Gasteiger partial charge in [-0.2, -0.15) is 0 Å². The van der Waals surface area contributed by atoms with Crippen LogP contribution in [-0.2, 0) is 33.3 Å². The zero-order valence-electron chi connectivity index (χ0n) is 19.3. The number of unbranched alkanes of at least 4 members (excludes halogenated alkanes) is 12. The Morgan fingerprint density at radius 2 is 1.32 bits per heavy atom. The maximum absolute atomic E-state index is 12.1. The Morgan fingerprint density at radius 1 is 0.806 bits per heavy atom. The van der Waals surface area contributed by atoms with E-state index in [0.29, 0.717) is 6.42 Å². The average molecular weight is 439 g/mol. The molecule has 0 aromatic carbocycles. The lowest BCUT2D eigenvalue weighted by Gasteiger charge is -2.05. The van der Waals surface area contributed by atoms with Crippen LogP contribution in [0.2, 0.25) is 0 Å². The van der Waals surface area contributed by atoms with Gasteiger partial charge in [0.15, 0.2) is 5.76 Å². The molecule has 7 nitrogen and oxygen atoms in total. The standard InChI is InChI=1S/C24H38O7/c1-4-5-6-7-8-9-10-11-12-13-14-15-16-17-20(25)31-23-22(29-3)19(30-24(23)27)18-21(26)28-2/h18H,4-17H2,1-3H3/b19-18-. The van der Waals surface area contributed by atoms with Gasteiger partial charge in [-0.1, -0.05) is 84.0 Å². The topological polar surface area (TPSA) is 88.1 Å². The molecule has 0 aromatic heterocycles. The zero-order chi connectivity index (χ0) is 22.9. The van der Waals surface area contributed by atoms with Crippen molar-refractivity contribution in [2.24, 2.45) is 0 Å². The van der Waals surface area contributed by atoms with E-state index >= 15 is 0 Å². The van der Waals surface area contributed by atoms with Crippen molar-refractivity contribution in [1.82, 2.24) is 0 Å². The highest BCUT2D eigenvalue weighted by molar-refractivity contribution is 5.96. The van der Waals surface area contributed by atoms with Crippen molar-refractivity contribution >= 4 is 17.9 Å². The summed E-state index contributed by atoms with van der Waals surface area (Å²) >= 11 is 0. The Bertz CT molecular complexity index is 634. The highest BCUT2D eigenvalue weighted by Crippen LogP contribution is 2.28. The molecule has 1 heterocycles. The third kappa shape index (κ3) is 11.0. The molecule has 0 unspecified atom stereocenters. The van der Waals surface area contributed by atoms with Crippen LogP contribution in [0.4, 0.5) is 0 Å². The molecule has 0 saturated carbocycles. The molecule has 1 aliphatic rings. The maximum atomic E-state index is 12.1. The van der Waals surface area contributed by atoms with Crippen molar-refractivity contribution in [3.63, 3.8) is 0 Å². The predicted molar refractivity (Wildman–Crippen MR) is 117 cm³/mol. The molecule has 0 aliphatic carbocycles. The summed E-state index contributed by atoms with van der Waals surface area (Å²) in [5.74, 6) is -2.67. The molecule has 0 fully saturated rings. The summed E-state index contributed by atoms with van der Waals surface area (Å²) in [6, 6.07) is 0. The molecule has 0 atom stereocenters. The van der Waals surface area contributed by atoms with E-state index in [1.165, 1.54) is 78.4 Å². The fourth-order valence-corrected chi connectivity index (χ4v) is 3.39. The summed E-state index contributed by atoms with van der Waals surface area (Å²) in [4.78, 5) is 35.3. The van der Waals surface area contributed by atoms with Gasteiger partial charge in [0, 0.05) is 6.42 Å². The molecule has 0 radical (unpaired) electrons. The molecule has 176 valence electrons. The fourth-order valence-electron chi connectivity index (χ4n) is 3.39. The minimum atomic E-state index is -0.870. The van der Waals surface area contributed by atoms with Crippen molar-refractivity contribution in [1.29, 1.82) is 0 Å². The zero-order valence-corrected chi connectivity index (χ0v) is 19.3. The molecular weight excluding hydrogens is 400 g/mol. The van der Waals surface area contributed by atoms with E-state index in [0.717, 1.165) is 18.9 Å². The molecule has 31 heavy (non-hydrogen) atoms. The Balaban J connectivity index is 2.17. The smallest absolute Gasteiger partial charge is 0.384 e. The van der Waals surface area contributed by atoms with Gasteiger partial charge < -0.3 is 18.9 Å². The minimum Gasteiger partial charge on any atom is -0.490 e. The van der Waals surface area contributed by atoms with Gasteiger partial charge in [-0.25, -0.2) is 9.59 Å². The predicted octanol–water partition coefficient (Wildman–Crippen LogP) is 5.48. The van der Waals surface area contributed by atoms with Crippen LogP contribution >= 0.6 is 0 Å². The second-order valence-electron chi connectivity index (χ2n) is 7.75. The van der Waals surface area contributed by atoms with E-state index < -0.39 is 17.9 Å². The van der Waals surface area contributed by atoms with E-state index in [2.05, 4.69) is 11.7 Å². The number of methoxy groups -OCH3 is 2. The van der Waals surface area contributed by atoms with Crippen molar-refractivity contribution in [3.05, 3.63) is 23.4 Å². The van der Waals surface area contributed by atoms with Crippen LogP contribution in [0.15, 0.2) is 23.4 Å². The lowest BCUT2D eigenvalue weighted by Crippen LogP contribution is -2.10. The van der Waals surface area contributed by atoms with Gasteiger partial charge in [-0.05, 0) is 6.42 Å². The van der Waals surface area contributed by atoms with Gasteiger partial charge in [0.05, 0.1) is 20.3 Å². The van der Waals surface area contributed by atoms with E-state index in [9.17, 15) is 14.4 Å². The largest absolute Gasteiger partial charge is 0.490 e. The Hall–Kier alpha value is -2.31. The summed E-state index contributed by atoms with van der Waals surface area (Å²) in [5.41, 5.74) is 0. The normalized spacial score (nSPS) is 14.7.